The first-order chi connectivity index (χ1) is 11.1. The zero-order valence-corrected chi connectivity index (χ0v) is 12.5. The van der Waals surface area contributed by atoms with Gasteiger partial charge in [-0.1, -0.05) is 17.7 Å². The molecule has 4 N–H and O–H groups in total. The minimum Gasteiger partial charge on any atom is -0.393 e. The van der Waals surface area contributed by atoms with Gasteiger partial charge in [0.1, 0.15) is 17.8 Å². The molecule has 116 valence electrons. The predicted octanol–water partition coefficient (Wildman–Crippen LogP) is 3.99. The highest BCUT2D eigenvalue weighted by Gasteiger charge is 2.08. The number of benzene rings is 2. The molecule has 0 saturated carbocycles. The van der Waals surface area contributed by atoms with Crippen molar-refractivity contribution in [3.05, 3.63) is 66.2 Å². The molecule has 0 aliphatic carbocycles. The molecule has 3 rings (SSSR count). The van der Waals surface area contributed by atoms with Crippen molar-refractivity contribution in [1.82, 2.24) is 9.97 Å². The normalized spacial score (nSPS) is 10.3. The molecule has 0 fully saturated rings. The number of nitrogens with two attached hydrogens (primary N) is 1. The summed E-state index contributed by atoms with van der Waals surface area (Å²) in [6.45, 7) is 2.02. The topological polar surface area (TPSA) is 75.9 Å². The van der Waals surface area contributed by atoms with E-state index in [2.05, 4.69) is 20.6 Å². The van der Waals surface area contributed by atoms with Crippen molar-refractivity contribution in [3.8, 4) is 0 Å². The third-order valence-electron chi connectivity index (χ3n) is 3.31. The van der Waals surface area contributed by atoms with Crippen LogP contribution in [0.25, 0.3) is 0 Å². The Bertz CT molecular complexity index is 734. The van der Waals surface area contributed by atoms with Gasteiger partial charge in [0.2, 0.25) is 0 Å². The van der Waals surface area contributed by atoms with Gasteiger partial charge in [0, 0.05) is 11.4 Å². The van der Waals surface area contributed by atoms with E-state index in [-0.39, 0.29) is 5.82 Å². The second kappa shape index (κ2) is 6.31. The van der Waals surface area contributed by atoms with Gasteiger partial charge in [0.25, 0.3) is 0 Å². The van der Waals surface area contributed by atoms with Gasteiger partial charge in [-0.3, -0.25) is 0 Å². The summed E-state index contributed by atoms with van der Waals surface area (Å²) in [6, 6.07) is 13.9. The number of anilines is 5. The number of nitrogens with zero attached hydrogens (tertiary/aromatic N) is 2. The first-order valence-corrected chi connectivity index (χ1v) is 7.08. The second-order valence-electron chi connectivity index (χ2n) is 5.11. The van der Waals surface area contributed by atoms with E-state index in [1.54, 1.807) is 12.1 Å². The van der Waals surface area contributed by atoms with Crippen LogP contribution in [-0.2, 0) is 0 Å². The van der Waals surface area contributed by atoms with E-state index in [0.717, 1.165) is 5.69 Å². The number of nitrogens with one attached hydrogen (secondary N) is 2. The summed E-state index contributed by atoms with van der Waals surface area (Å²) in [6.07, 6.45) is 1.42. The van der Waals surface area contributed by atoms with E-state index in [4.69, 9.17) is 5.73 Å². The highest BCUT2D eigenvalue weighted by atomic mass is 19.1. The highest BCUT2D eigenvalue weighted by Crippen LogP contribution is 2.28. The van der Waals surface area contributed by atoms with Crippen LogP contribution >= 0.6 is 0 Å². The molecule has 0 aliphatic heterocycles. The summed E-state index contributed by atoms with van der Waals surface area (Å²) in [5.41, 5.74) is 9.25. The van der Waals surface area contributed by atoms with Crippen molar-refractivity contribution in [3.63, 3.8) is 0 Å². The maximum Gasteiger partial charge on any atom is 0.159 e. The van der Waals surface area contributed by atoms with Crippen LogP contribution in [0.2, 0.25) is 0 Å². The van der Waals surface area contributed by atoms with E-state index in [9.17, 15) is 4.39 Å². The van der Waals surface area contributed by atoms with Crippen LogP contribution in [-0.4, -0.2) is 9.97 Å². The van der Waals surface area contributed by atoms with Crippen LogP contribution in [0.5, 0.6) is 0 Å². The second-order valence-corrected chi connectivity index (χ2v) is 5.11. The largest absolute Gasteiger partial charge is 0.393 e. The summed E-state index contributed by atoms with van der Waals surface area (Å²) in [5.74, 6) is 0.669. The minimum absolute atomic E-state index is 0.298. The number of aromatic nitrogens is 2. The fourth-order valence-corrected chi connectivity index (χ4v) is 2.04. The smallest absolute Gasteiger partial charge is 0.159 e. The fourth-order valence-electron chi connectivity index (χ4n) is 2.04. The molecule has 2 aromatic carbocycles. The van der Waals surface area contributed by atoms with E-state index in [1.165, 1.54) is 24.0 Å². The molecule has 0 aliphatic rings. The Morgan fingerprint density at radius 1 is 0.826 bits per heavy atom. The van der Waals surface area contributed by atoms with Crippen LogP contribution in [0.3, 0.4) is 0 Å². The van der Waals surface area contributed by atoms with Crippen LogP contribution in [0.1, 0.15) is 5.56 Å². The molecular formula is C17H16FN5. The van der Waals surface area contributed by atoms with E-state index < -0.39 is 0 Å². The maximum atomic E-state index is 13.0. The lowest BCUT2D eigenvalue weighted by atomic mass is 10.2. The maximum absolute atomic E-state index is 13.0. The number of rotatable bonds is 4. The van der Waals surface area contributed by atoms with Crippen molar-refractivity contribution < 1.29 is 4.39 Å². The van der Waals surface area contributed by atoms with Gasteiger partial charge in [-0.25, -0.2) is 14.4 Å². The number of aryl methyl sites for hydroxylation is 1. The van der Waals surface area contributed by atoms with Gasteiger partial charge in [0.05, 0.1) is 0 Å². The Labute approximate surface area is 133 Å². The molecule has 0 saturated heterocycles. The molecule has 0 spiro atoms. The summed E-state index contributed by atoms with van der Waals surface area (Å²) in [5, 5.41) is 6.21. The molecule has 1 aromatic heterocycles. The monoisotopic (exact) mass is 309 g/mol. The molecule has 0 radical (unpaired) electrons. The van der Waals surface area contributed by atoms with Gasteiger partial charge < -0.3 is 16.4 Å². The lowest BCUT2D eigenvalue weighted by molar-refractivity contribution is 0.628. The van der Waals surface area contributed by atoms with Gasteiger partial charge in [-0.15, -0.1) is 0 Å². The third-order valence-corrected chi connectivity index (χ3v) is 3.31. The Kier molecular flexibility index (Phi) is 4.05. The van der Waals surface area contributed by atoms with Crippen molar-refractivity contribution in [1.29, 1.82) is 0 Å². The standard InChI is InChI=1S/C17H16FN5/c1-11-2-6-13(7-3-11)22-16-15(19)17(21-10-20-16)23-14-8-4-12(18)5-9-14/h2-10H,19H2,1H3,(H2,20,21,22,23). The SMILES string of the molecule is Cc1ccc(Nc2ncnc(Nc3ccc(F)cc3)c2N)cc1. The lowest BCUT2D eigenvalue weighted by Gasteiger charge is -2.12. The van der Waals surface area contributed by atoms with Gasteiger partial charge >= 0.3 is 0 Å². The number of hydrogen-bond donors (Lipinski definition) is 3. The lowest BCUT2D eigenvalue weighted by Crippen LogP contribution is -2.05. The van der Waals surface area contributed by atoms with Gasteiger partial charge in [-0.05, 0) is 43.3 Å². The number of nitrogen functional groups attached to an aromatic ring is 1. The van der Waals surface area contributed by atoms with Crippen LogP contribution in [0, 0.1) is 12.7 Å². The van der Waals surface area contributed by atoms with Crippen molar-refractivity contribution in [2.24, 2.45) is 0 Å². The van der Waals surface area contributed by atoms with Crippen molar-refractivity contribution in [2.75, 3.05) is 16.4 Å². The molecule has 3 aromatic rings. The molecule has 0 bridgehead atoms. The average Bonchev–Trinajstić information content (AvgIpc) is 2.55. The Morgan fingerprint density at radius 3 is 1.83 bits per heavy atom. The summed E-state index contributed by atoms with van der Waals surface area (Å²) in [4.78, 5) is 8.30. The zero-order valence-electron chi connectivity index (χ0n) is 12.5. The molecule has 5 nitrogen and oxygen atoms in total. The van der Waals surface area contributed by atoms with Crippen LogP contribution in [0.15, 0.2) is 54.9 Å². The molecule has 0 amide bonds. The van der Waals surface area contributed by atoms with Gasteiger partial charge in [-0.2, -0.15) is 0 Å². The third kappa shape index (κ3) is 3.55. The molecular weight excluding hydrogens is 293 g/mol. The molecule has 0 atom stereocenters. The van der Waals surface area contributed by atoms with Crippen LogP contribution in [0.4, 0.5) is 33.1 Å². The number of hydrogen-bond acceptors (Lipinski definition) is 5. The van der Waals surface area contributed by atoms with E-state index in [1.807, 2.05) is 31.2 Å². The molecule has 23 heavy (non-hydrogen) atoms. The van der Waals surface area contributed by atoms with Crippen molar-refractivity contribution >= 4 is 28.7 Å². The summed E-state index contributed by atoms with van der Waals surface area (Å²) in [7, 11) is 0. The average molecular weight is 309 g/mol. The van der Waals surface area contributed by atoms with Gasteiger partial charge in [0.15, 0.2) is 11.6 Å². The summed E-state index contributed by atoms with van der Waals surface area (Å²) < 4.78 is 13.0. The molecule has 0 unspecified atom stereocenters. The van der Waals surface area contributed by atoms with E-state index in [0.29, 0.717) is 23.0 Å². The Hall–Kier alpha value is -3.15. The first kappa shape index (κ1) is 14.8. The Balaban J connectivity index is 1.83. The zero-order chi connectivity index (χ0) is 16.2. The molecule has 1 heterocycles. The van der Waals surface area contributed by atoms with E-state index >= 15 is 0 Å². The number of halogens is 1. The van der Waals surface area contributed by atoms with Crippen LogP contribution < -0.4 is 16.4 Å². The first-order valence-electron chi connectivity index (χ1n) is 7.08. The Morgan fingerprint density at radius 2 is 1.30 bits per heavy atom. The molecule has 6 heteroatoms. The quantitative estimate of drug-likeness (QED) is 0.679. The highest BCUT2D eigenvalue weighted by molar-refractivity contribution is 5.80. The van der Waals surface area contributed by atoms with Crippen molar-refractivity contribution in [2.45, 2.75) is 6.92 Å². The summed E-state index contributed by atoms with van der Waals surface area (Å²) >= 11 is 0. The minimum atomic E-state index is -0.298. The predicted molar refractivity (Wildman–Crippen MR) is 90.6 cm³/mol. The fraction of sp³-hybridized carbons (Fsp3) is 0.0588.